The molecule has 1 aromatic heterocycles. The molecular formula is C16H15N5O2. The van der Waals surface area contributed by atoms with E-state index in [0.717, 1.165) is 18.5 Å². The van der Waals surface area contributed by atoms with Gasteiger partial charge >= 0.3 is 0 Å². The smallest absolute Gasteiger partial charge is 0.253 e. The van der Waals surface area contributed by atoms with Gasteiger partial charge in [-0.2, -0.15) is 5.26 Å². The van der Waals surface area contributed by atoms with Crippen LogP contribution >= 0.6 is 0 Å². The van der Waals surface area contributed by atoms with Gasteiger partial charge in [-0.05, 0) is 49.2 Å². The van der Waals surface area contributed by atoms with Crippen molar-refractivity contribution in [3.63, 3.8) is 0 Å². The van der Waals surface area contributed by atoms with Crippen molar-refractivity contribution in [1.82, 2.24) is 10.2 Å². The summed E-state index contributed by atoms with van der Waals surface area (Å²) < 4.78 is 5.35. The fraction of sp³-hybridized carbons (Fsp3) is 0.250. The Kier molecular flexibility index (Phi) is 4.45. The van der Waals surface area contributed by atoms with Crippen molar-refractivity contribution >= 4 is 23.1 Å². The molecule has 2 aromatic rings. The van der Waals surface area contributed by atoms with Crippen LogP contribution in [0.3, 0.4) is 0 Å². The molecule has 0 bridgehead atoms. The van der Waals surface area contributed by atoms with Crippen molar-refractivity contribution in [2.45, 2.75) is 18.9 Å². The summed E-state index contributed by atoms with van der Waals surface area (Å²) in [6.07, 6.45) is 1.34. The van der Waals surface area contributed by atoms with Gasteiger partial charge in [0.15, 0.2) is 11.5 Å². The molecule has 0 saturated carbocycles. The highest BCUT2D eigenvalue weighted by Crippen LogP contribution is 2.19. The van der Waals surface area contributed by atoms with Crippen molar-refractivity contribution in [3.8, 4) is 6.07 Å². The Morgan fingerprint density at radius 3 is 2.57 bits per heavy atom. The molecule has 0 aliphatic carbocycles. The maximum Gasteiger partial charge on any atom is 0.253 e. The minimum Gasteiger partial charge on any atom is -0.368 e. The Balaban J connectivity index is 1.60. The minimum absolute atomic E-state index is 0.110. The molecule has 0 spiro atoms. The van der Waals surface area contributed by atoms with Crippen LogP contribution in [0.15, 0.2) is 36.4 Å². The SMILES string of the molecule is N#Cc1ccc(Nc2ccc(NC(=O)C3CCCO3)cc2)nn1. The lowest BCUT2D eigenvalue weighted by atomic mass is 10.2. The zero-order valence-corrected chi connectivity index (χ0v) is 12.3. The van der Waals surface area contributed by atoms with Crippen LogP contribution < -0.4 is 10.6 Å². The van der Waals surface area contributed by atoms with Gasteiger partial charge in [0, 0.05) is 18.0 Å². The van der Waals surface area contributed by atoms with Gasteiger partial charge in [-0.25, -0.2) is 0 Å². The molecule has 1 aromatic carbocycles. The van der Waals surface area contributed by atoms with E-state index in [4.69, 9.17) is 10.00 Å². The minimum atomic E-state index is -0.346. The maximum absolute atomic E-state index is 12.0. The van der Waals surface area contributed by atoms with Gasteiger partial charge < -0.3 is 15.4 Å². The van der Waals surface area contributed by atoms with Crippen molar-refractivity contribution in [1.29, 1.82) is 5.26 Å². The number of carbonyl (C=O) groups excluding carboxylic acids is 1. The molecular weight excluding hydrogens is 294 g/mol. The second-order valence-corrected chi connectivity index (χ2v) is 5.11. The summed E-state index contributed by atoms with van der Waals surface area (Å²) in [6.45, 7) is 0.645. The van der Waals surface area contributed by atoms with Crippen molar-refractivity contribution in [2.75, 3.05) is 17.2 Å². The Labute approximate surface area is 133 Å². The number of anilines is 3. The summed E-state index contributed by atoms with van der Waals surface area (Å²) >= 11 is 0. The topological polar surface area (TPSA) is 99.9 Å². The molecule has 23 heavy (non-hydrogen) atoms. The summed E-state index contributed by atoms with van der Waals surface area (Å²) in [5.41, 5.74) is 1.78. The first-order valence-corrected chi connectivity index (χ1v) is 7.28. The quantitative estimate of drug-likeness (QED) is 0.898. The molecule has 7 heteroatoms. The molecule has 1 aliphatic rings. The van der Waals surface area contributed by atoms with Crippen LogP contribution in [0.5, 0.6) is 0 Å². The van der Waals surface area contributed by atoms with E-state index in [-0.39, 0.29) is 17.7 Å². The van der Waals surface area contributed by atoms with E-state index in [9.17, 15) is 4.79 Å². The number of rotatable bonds is 4. The Morgan fingerprint density at radius 2 is 1.96 bits per heavy atom. The number of nitriles is 1. The van der Waals surface area contributed by atoms with Crippen LogP contribution in [0.2, 0.25) is 0 Å². The van der Waals surface area contributed by atoms with Crippen molar-refractivity contribution in [2.24, 2.45) is 0 Å². The molecule has 2 N–H and O–H groups in total. The third-order valence-corrected chi connectivity index (χ3v) is 3.43. The van der Waals surface area contributed by atoms with E-state index in [1.807, 2.05) is 18.2 Å². The lowest BCUT2D eigenvalue weighted by Gasteiger charge is -2.11. The van der Waals surface area contributed by atoms with Crippen LogP contribution in [0, 0.1) is 11.3 Å². The molecule has 1 aliphatic heterocycles. The van der Waals surface area contributed by atoms with Gasteiger partial charge in [0.2, 0.25) is 0 Å². The van der Waals surface area contributed by atoms with Crippen molar-refractivity contribution in [3.05, 3.63) is 42.1 Å². The largest absolute Gasteiger partial charge is 0.368 e. The zero-order chi connectivity index (χ0) is 16.1. The molecule has 1 amide bonds. The standard InChI is InChI=1S/C16H15N5O2/c17-10-13-7-8-15(21-20-13)18-11-3-5-12(6-4-11)19-16(22)14-2-1-9-23-14/h3-8,14H,1-2,9H2,(H,18,21)(H,19,22). The first kappa shape index (κ1) is 14.9. The normalized spacial score (nSPS) is 16.6. The number of aromatic nitrogens is 2. The number of hydrogen-bond acceptors (Lipinski definition) is 6. The van der Waals surface area contributed by atoms with E-state index in [0.29, 0.717) is 18.1 Å². The average Bonchev–Trinajstić information content (AvgIpc) is 3.12. The first-order chi connectivity index (χ1) is 11.2. The summed E-state index contributed by atoms with van der Waals surface area (Å²) in [5, 5.41) is 22.2. The molecule has 0 radical (unpaired) electrons. The average molecular weight is 309 g/mol. The fourth-order valence-corrected chi connectivity index (χ4v) is 2.25. The van der Waals surface area contributed by atoms with E-state index >= 15 is 0 Å². The fourth-order valence-electron chi connectivity index (χ4n) is 2.25. The van der Waals surface area contributed by atoms with Gasteiger partial charge in [-0.1, -0.05) is 0 Å². The first-order valence-electron chi connectivity index (χ1n) is 7.28. The van der Waals surface area contributed by atoms with Crippen LogP contribution in [0.25, 0.3) is 0 Å². The van der Waals surface area contributed by atoms with Gasteiger partial charge in [-0.15, -0.1) is 10.2 Å². The monoisotopic (exact) mass is 309 g/mol. The second kappa shape index (κ2) is 6.85. The molecule has 1 unspecified atom stereocenters. The predicted octanol–water partition coefficient (Wildman–Crippen LogP) is 2.21. The number of hydrogen-bond donors (Lipinski definition) is 2. The van der Waals surface area contributed by atoms with Crippen molar-refractivity contribution < 1.29 is 9.53 Å². The highest BCUT2D eigenvalue weighted by Gasteiger charge is 2.23. The Morgan fingerprint density at radius 1 is 1.17 bits per heavy atom. The summed E-state index contributed by atoms with van der Waals surface area (Å²) in [4.78, 5) is 12.0. The van der Waals surface area contributed by atoms with E-state index in [1.54, 1.807) is 24.3 Å². The van der Waals surface area contributed by atoms with E-state index in [2.05, 4.69) is 20.8 Å². The third kappa shape index (κ3) is 3.81. The number of nitrogens with zero attached hydrogens (tertiary/aromatic N) is 3. The number of benzene rings is 1. The molecule has 2 heterocycles. The zero-order valence-electron chi connectivity index (χ0n) is 12.3. The number of nitrogens with one attached hydrogen (secondary N) is 2. The molecule has 3 rings (SSSR count). The summed E-state index contributed by atoms with van der Waals surface area (Å²) in [5.74, 6) is 0.432. The molecule has 7 nitrogen and oxygen atoms in total. The lowest BCUT2D eigenvalue weighted by Crippen LogP contribution is -2.26. The summed E-state index contributed by atoms with van der Waals surface area (Å²) in [6, 6.07) is 12.4. The summed E-state index contributed by atoms with van der Waals surface area (Å²) in [7, 11) is 0. The predicted molar refractivity (Wildman–Crippen MR) is 84.1 cm³/mol. The third-order valence-electron chi connectivity index (χ3n) is 3.43. The highest BCUT2D eigenvalue weighted by atomic mass is 16.5. The van der Waals surface area contributed by atoms with Crippen LogP contribution in [0.1, 0.15) is 18.5 Å². The van der Waals surface area contributed by atoms with Crippen LogP contribution in [-0.2, 0) is 9.53 Å². The number of carbonyl (C=O) groups is 1. The number of ether oxygens (including phenoxy) is 1. The number of amides is 1. The van der Waals surface area contributed by atoms with Crippen LogP contribution in [0.4, 0.5) is 17.2 Å². The van der Waals surface area contributed by atoms with Gasteiger partial charge in [0.25, 0.3) is 5.91 Å². The van der Waals surface area contributed by atoms with Gasteiger partial charge in [0.1, 0.15) is 12.2 Å². The van der Waals surface area contributed by atoms with E-state index in [1.165, 1.54) is 0 Å². The molecule has 1 atom stereocenters. The van der Waals surface area contributed by atoms with E-state index < -0.39 is 0 Å². The van der Waals surface area contributed by atoms with Gasteiger partial charge in [-0.3, -0.25) is 4.79 Å². The molecule has 116 valence electrons. The highest BCUT2D eigenvalue weighted by molar-refractivity contribution is 5.94. The Hall–Kier alpha value is -2.98. The molecule has 1 fully saturated rings. The van der Waals surface area contributed by atoms with Gasteiger partial charge in [0.05, 0.1) is 0 Å². The lowest BCUT2D eigenvalue weighted by molar-refractivity contribution is -0.124. The molecule has 1 saturated heterocycles. The Bertz CT molecular complexity index is 716. The van der Waals surface area contributed by atoms with Crippen LogP contribution in [-0.4, -0.2) is 28.8 Å². The maximum atomic E-state index is 12.0. The second-order valence-electron chi connectivity index (χ2n) is 5.11.